The van der Waals surface area contributed by atoms with E-state index in [4.69, 9.17) is 9.47 Å². The van der Waals surface area contributed by atoms with Gasteiger partial charge in [-0.1, -0.05) is 30.4 Å². The zero-order valence-electron chi connectivity index (χ0n) is 21.2. The predicted molar refractivity (Wildman–Crippen MR) is 140 cm³/mol. The van der Waals surface area contributed by atoms with E-state index < -0.39 is 0 Å². The highest BCUT2D eigenvalue weighted by molar-refractivity contribution is 5.78. The van der Waals surface area contributed by atoms with Crippen molar-refractivity contribution >= 4 is 12.0 Å². The highest BCUT2D eigenvalue weighted by Crippen LogP contribution is 2.27. The minimum Gasteiger partial charge on any atom is -0.493 e. The fourth-order valence-corrected chi connectivity index (χ4v) is 3.74. The quantitative estimate of drug-likeness (QED) is 0.373. The number of methoxy groups -OCH3 is 2. The van der Waals surface area contributed by atoms with Gasteiger partial charge in [0.25, 0.3) is 0 Å². The molecule has 0 aliphatic rings. The average Bonchev–Trinajstić information content (AvgIpc) is 3.31. The van der Waals surface area contributed by atoms with Crippen molar-refractivity contribution in [1.82, 2.24) is 19.8 Å². The molecule has 0 saturated heterocycles. The molecule has 0 saturated carbocycles. The van der Waals surface area contributed by atoms with Crippen molar-refractivity contribution in [2.24, 2.45) is 0 Å². The molecule has 3 aromatic rings. The van der Waals surface area contributed by atoms with Gasteiger partial charge in [0, 0.05) is 31.4 Å². The monoisotopic (exact) mass is 476 g/mol. The lowest BCUT2D eigenvalue weighted by molar-refractivity contribution is -0.120. The van der Waals surface area contributed by atoms with E-state index in [0.717, 1.165) is 54.4 Å². The van der Waals surface area contributed by atoms with Crippen LogP contribution in [0.1, 0.15) is 29.7 Å². The number of ether oxygens (including phenoxy) is 2. The van der Waals surface area contributed by atoms with Crippen LogP contribution in [0.5, 0.6) is 11.5 Å². The van der Waals surface area contributed by atoms with E-state index in [0.29, 0.717) is 13.0 Å². The van der Waals surface area contributed by atoms with Gasteiger partial charge >= 0.3 is 0 Å². The first-order valence-corrected chi connectivity index (χ1v) is 11.9. The number of aryl methyl sites for hydroxylation is 1. The third kappa shape index (κ3) is 8.30. The molecule has 0 atom stereocenters. The number of carbonyl (C=O) groups excluding carboxylic acids is 1. The van der Waals surface area contributed by atoms with E-state index in [-0.39, 0.29) is 5.91 Å². The van der Waals surface area contributed by atoms with Crippen molar-refractivity contribution in [1.29, 1.82) is 0 Å². The van der Waals surface area contributed by atoms with E-state index in [9.17, 15) is 4.79 Å². The van der Waals surface area contributed by atoms with Gasteiger partial charge in [0.2, 0.25) is 5.91 Å². The van der Waals surface area contributed by atoms with Gasteiger partial charge in [-0.2, -0.15) is 0 Å². The lowest BCUT2D eigenvalue weighted by atomic mass is 10.1. The second kappa shape index (κ2) is 13.3. The summed E-state index contributed by atoms with van der Waals surface area (Å²) in [6.07, 6.45) is 9.89. The molecule has 0 aliphatic carbocycles. The Morgan fingerprint density at radius 2 is 1.86 bits per heavy atom. The Balaban J connectivity index is 1.30. The fourth-order valence-electron chi connectivity index (χ4n) is 3.74. The SMILES string of the molecule is COc1ccc(CCN(C)CCCNC(=O)C/C=C/c2ccc(-n3cnc(C)c3)cc2)cc1OC. The summed E-state index contributed by atoms with van der Waals surface area (Å²) in [6.45, 7) is 4.50. The molecule has 2 aromatic carbocycles. The molecule has 186 valence electrons. The van der Waals surface area contributed by atoms with E-state index in [2.05, 4.69) is 28.3 Å². The first-order valence-electron chi connectivity index (χ1n) is 11.9. The number of carbonyl (C=O) groups is 1. The van der Waals surface area contributed by atoms with Crippen molar-refractivity contribution < 1.29 is 14.3 Å². The van der Waals surface area contributed by atoms with Gasteiger partial charge < -0.3 is 24.3 Å². The van der Waals surface area contributed by atoms with Gasteiger partial charge in [-0.05, 0) is 68.8 Å². The number of imidazole rings is 1. The number of amides is 1. The molecular formula is C28H36N4O3. The molecular weight excluding hydrogens is 440 g/mol. The van der Waals surface area contributed by atoms with E-state index >= 15 is 0 Å². The summed E-state index contributed by atoms with van der Waals surface area (Å²) in [6, 6.07) is 14.2. The summed E-state index contributed by atoms with van der Waals surface area (Å²) in [5.74, 6) is 1.54. The number of benzene rings is 2. The largest absolute Gasteiger partial charge is 0.493 e. The van der Waals surface area contributed by atoms with E-state index in [1.54, 1.807) is 20.5 Å². The maximum Gasteiger partial charge on any atom is 0.223 e. The van der Waals surface area contributed by atoms with Crippen LogP contribution in [-0.4, -0.2) is 61.3 Å². The third-order valence-corrected chi connectivity index (χ3v) is 5.79. The average molecular weight is 477 g/mol. The highest BCUT2D eigenvalue weighted by atomic mass is 16.5. The molecule has 0 unspecified atom stereocenters. The standard InChI is InChI=1S/C28H36N4O3/c1-22-20-32(21-30-22)25-12-9-23(10-13-25)7-5-8-28(33)29-16-6-17-31(2)18-15-24-11-14-26(34-3)27(19-24)35-4/h5,7,9-14,19-21H,6,8,15-18H2,1-4H3,(H,29,33)/b7-5+. The molecule has 0 radical (unpaired) electrons. The topological polar surface area (TPSA) is 68.6 Å². The van der Waals surface area contributed by atoms with Crippen LogP contribution < -0.4 is 14.8 Å². The second-order valence-electron chi connectivity index (χ2n) is 8.57. The van der Waals surface area contributed by atoms with Gasteiger partial charge in [0.15, 0.2) is 11.5 Å². The number of likely N-dealkylation sites (N-methyl/N-ethyl adjacent to an activating group) is 1. The minimum absolute atomic E-state index is 0.0414. The number of aromatic nitrogens is 2. The van der Waals surface area contributed by atoms with Gasteiger partial charge in [0.1, 0.15) is 0 Å². The molecule has 1 amide bonds. The molecule has 0 aliphatic heterocycles. The van der Waals surface area contributed by atoms with Crippen molar-refractivity contribution in [3.63, 3.8) is 0 Å². The zero-order valence-corrected chi connectivity index (χ0v) is 21.2. The van der Waals surface area contributed by atoms with Gasteiger partial charge in [-0.15, -0.1) is 0 Å². The van der Waals surface area contributed by atoms with Crippen molar-refractivity contribution in [2.75, 3.05) is 40.9 Å². The zero-order chi connectivity index (χ0) is 25.0. The number of nitrogens with zero attached hydrogens (tertiary/aromatic N) is 3. The highest BCUT2D eigenvalue weighted by Gasteiger charge is 2.06. The summed E-state index contributed by atoms with van der Waals surface area (Å²) in [4.78, 5) is 18.7. The Kier molecular flexibility index (Phi) is 9.93. The Hall–Kier alpha value is -3.58. The van der Waals surface area contributed by atoms with Crippen LogP contribution in [0.25, 0.3) is 11.8 Å². The van der Waals surface area contributed by atoms with Crippen molar-refractivity contribution in [3.05, 3.63) is 77.9 Å². The lowest BCUT2D eigenvalue weighted by Crippen LogP contribution is -2.28. The molecule has 0 bridgehead atoms. The summed E-state index contributed by atoms with van der Waals surface area (Å²) in [5.41, 5.74) is 4.32. The van der Waals surface area contributed by atoms with Gasteiger partial charge in [-0.3, -0.25) is 4.79 Å². The lowest BCUT2D eigenvalue weighted by Gasteiger charge is -2.17. The van der Waals surface area contributed by atoms with Gasteiger partial charge in [0.05, 0.1) is 26.2 Å². The van der Waals surface area contributed by atoms with E-state index in [1.807, 2.05) is 66.2 Å². The van der Waals surface area contributed by atoms with Crippen LogP contribution in [-0.2, 0) is 11.2 Å². The number of hydrogen-bond acceptors (Lipinski definition) is 5. The summed E-state index contributed by atoms with van der Waals surface area (Å²) < 4.78 is 12.7. The van der Waals surface area contributed by atoms with Crippen LogP contribution >= 0.6 is 0 Å². The summed E-state index contributed by atoms with van der Waals surface area (Å²) in [7, 11) is 5.40. The normalized spacial score (nSPS) is 11.2. The maximum absolute atomic E-state index is 12.1. The Morgan fingerprint density at radius 1 is 1.09 bits per heavy atom. The maximum atomic E-state index is 12.1. The van der Waals surface area contributed by atoms with Crippen LogP contribution in [0, 0.1) is 6.92 Å². The first-order chi connectivity index (χ1) is 17.0. The molecule has 7 nitrogen and oxygen atoms in total. The summed E-state index contributed by atoms with van der Waals surface area (Å²) in [5, 5.41) is 3.00. The van der Waals surface area contributed by atoms with Crippen LogP contribution in [0.2, 0.25) is 0 Å². The minimum atomic E-state index is 0.0414. The first kappa shape index (κ1) is 26.0. The Labute approximate surface area is 208 Å². The molecule has 0 fully saturated rings. The fraction of sp³-hybridized carbons (Fsp3) is 0.357. The van der Waals surface area contributed by atoms with Crippen molar-refractivity contribution in [2.45, 2.75) is 26.2 Å². The summed E-state index contributed by atoms with van der Waals surface area (Å²) >= 11 is 0. The third-order valence-electron chi connectivity index (χ3n) is 5.79. The van der Waals surface area contributed by atoms with Crippen LogP contribution in [0.15, 0.2) is 61.1 Å². The van der Waals surface area contributed by atoms with Crippen LogP contribution in [0.3, 0.4) is 0 Å². The molecule has 7 heteroatoms. The number of hydrogen-bond donors (Lipinski definition) is 1. The number of rotatable bonds is 13. The predicted octanol–water partition coefficient (Wildman–Crippen LogP) is 4.28. The number of nitrogens with one attached hydrogen (secondary N) is 1. The Morgan fingerprint density at radius 3 is 2.54 bits per heavy atom. The van der Waals surface area contributed by atoms with Gasteiger partial charge in [-0.25, -0.2) is 4.98 Å². The molecule has 35 heavy (non-hydrogen) atoms. The van der Waals surface area contributed by atoms with Crippen molar-refractivity contribution in [3.8, 4) is 17.2 Å². The molecule has 0 spiro atoms. The smallest absolute Gasteiger partial charge is 0.223 e. The molecule has 1 N–H and O–H groups in total. The van der Waals surface area contributed by atoms with E-state index in [1.165, 1.54) is 5.56 Å². The van der Waals surface area contributed by atoms with Crippen LogP contribution in [0.4, 0.5) is 0 Å². The molecule has 1 heterocycles. The Bertz CT molecular complexity index is 1110. The molecule has 3 rings (SSSR count). The molecule has 1 aromatic heterocycles. The second-order valence-corrected chi connectivity index (χ2v) is 8.57.